The molecule has 2 rings (SSSR count). The van der Waals surface area contributed by atoms with Crippen molar-refractivity contribution in [2.75, 3.05) is 12.8 Å². The Morgan fingerprint density at radius 2 is 2.14 bits per heavy atom. The van der Waals surface area contributed by atoms with Gasteiger partial charge < -0.3 is 15.2 Å². The molecule has 2 aromatic rings. The molecule has 22 heavy (non-hydrogen) atoms. The first kappa shape index (κ1) is 16.2. The highest BCUT2D eigenvalue weighted by atomic mass is 79.9. The number of pyridine rings is 1. The SMILES string of the molecule is COC(=O)c1ccc(F)cc1C(C)Oc1cc(Br)cnc1N. The van der Waals surface area contributed by atoms with Crippen LogP contribution in [0.2, 0.25) is 0 Å². The van der Waals surface area contributed by atoms with E-state index in [1.807, 2.05) is 0 Å². The largest absolute Gasteiger partial charge is 0.482 e. The highest BCUT2D eigenvalue weighted by molar-refractivity contribution is 9.10. The minimum atomic E-state index is -0.622. The molecule has 0 aliphatic carbocycles. The zero-order chi connectivity index (χ0) is 16.3. The standard InChI is InChI=1S/C15H14BrFN2O3/c1-8(22-13-5-9(16)7-19-14(13)18)12-6-10(17)3-4-11(12)15(20)21-2/h3-8H,1-2H3,(H2,18,19). The number of esters is 1. The first-order chi connectivity index (χ1) is 10.4. The smallest absolute Gasteiger partial charge is 0.338 e. The number of rotatable bonds is 4. The summed E-state index contributed by atoms with van der Waals surface area (Å²) in [5.74, 6) is -0.503. The minimum absolute atomic E-state index is 0.200. The molecule has 7 heteroatoms. The number of anilines is 1. The highest BCUT2D eigenvalue weighted by Crippen LogP contribution is 2.30. The van der Waals surface area contributed by atoms with Gasteiger partial charge in [-0.3, -0.25) is 0 Å². The van der Waals surface area contributed by atoms with Crippen LogP contribution in [0.15, 0.2) is 34.9 Å². The van der Waals surface area contributed by atoms with Crippen LogP contribution in [0.1, 0.15) is 28.9 Å². The van der Waals surface area contributed by atoms with E-state index in [0.29, 0.717) is 15.8 Å². The van der Waals surface area contributed by atoms with Crippen molar-refractivity contribution in [2.24, 2.45) is 0 Å². The summed E-state index contributed by atoms with van der Waals surface area (Å²) in [6.45, 7) is 1.68. The third kappa shape index (κ3) is 3.54. The normalized spacial score (nSPS) is 11.8. The summed E-state index contributed by atoms with van der Waals surface area (Å²) < 4.78 is 24.6. The minimum Gasteiger partial charge on any atom is -0.482 e. The number of benzene rings is 1. The summed E-state index contributed by atoms with van der Waals surface area (Å²) in [5, 5.41) is 0. The van der Waals surface area contributed by atoms with Crippen LogP contribution in [-0.4, -0.2) is 18.1 Å². The molecule has 1 heterocycles. The molecular weight excluding hydrogens is 355 g/mol. The number of ether oxygens (including phenoxy) is 2. The summed E-state index contributed by atoms with van der Waals surface area (Å²) in [4.78, 5) is 15.7. The molecule has 5 nitrogen and oxygen atoms in total. The Morgan fingerprint density at radius 1 is 1.41 bits per heavy atom. The first-order valence-corrected chi connectivity index (χ1v) is 7.17. The molecule has 0 amide bonds. The predicted molar refractivity (Wildman–Crippen MR) is 83.1 cm³/mol. The number of hydrogen-bond donors (Lipinski definition) is 1. The molecular formula is C15H14BrFN2O3. The lowest BCUT2D eigenvalue weighted by molar-refractivity contribution is 0.0595. The monoisotopic (exact) mass is 368 g/mol. The molecule has 0 aliphatic heterocycles. The van der Waals surface area contributed by atoms with Gasteiger partial charge in [-0.25, -0.2) is 14.2 Å². The van der Waals surface area contributed by atoms with Crippen LogP contribution in [-0.2, 0) is 4.74 Å². The second kappa shape index (κ2) is 6.74. The van der Waals surface area contributed by atoms with Gasteiger partial charge >= 0.3 is 5.97 Å². The quantitative estimate of drug-likeness (QED) is 0.836. The topological polar surface area (TPSA) is 74.4 Å². The first-order valence-electron chi connectivity index (χ1n) is 6.37. The molecule has 0 radical (unpaired) electrons. The number of carbonyl (C=O) groups is 1. The van der Waals surface area contributed by atoms with Gasteiger partial charge in [-0.05, 0) is 47.1 Å². The van der Waals surface area contributed by atoms with Gasteiger partial charge in [-0.1, -0.05) is 0 Å². The number of aromatic nitrogens is 1. The number of nitrogens with two attached hydrogens (primary N) is 1. The fourth-order valence-corrected chi connectivity index (χ4v) is 2.26. The maximum atomic E-state index is 13.5. The summed E-state index contributed by atoms with van der Waals surface area (Å²) in [6.07, 6.45) is 0.915. The van der Waals surface area contributed by atoms with Gasteiger partial charge in [0.15, 0.2) is 11.6 Å². The molecule has 2 N–H and O–H groups in total. The van der Waals surface area contributed by atoms with Crippen LogP contribution in [0.4, 0.5) is 10.2 Å². The number of nitrogens with zero attached hydrogens (tertiary/aromatic N) is 1. The number of nitrogen functional groups attached to an aromatic ring is 1. The molecule has 1 unspecified atom stereocenters. The lowest BCUT2D eigenvalue weighted by Crippen LogP contribution is -2.13. The number of halogens is 2. The van der Waals surface area contributed by atoms with Gasteiger partial charge in [0.25, 0.3) is 0 Å². The molecule has 0 saturated carbocycles. The molecule has 0 bridgehead atoms. The summed E-state index contributed by atoms with van der Waals surface area (Å²) in [7, 11) is 1.26. The highest BCUT2D eigenvalue weighted by Gasteiger charge is 2.20. The van der Waals surface area contributed by atoms with Crippen molar-refractivity contribution in [3.8, 4) is 5.75 Å². The molecule has 116 valence electrons. The van der Waals surface area contributed by atoms with E-state index < -0.39 is 17.9 Å². The van der Waals surface area contributed by atoms with Crippen LogP contribution in [0.25, 0.3) is 0 Å². The molecule has 1 atom stereocenters. The summed E-state index contributed by atoms with van der Waals surface area (Å²) in [6, 6.07) is 5.44. The van der Waals surface area contributed by atoms with Crippen molar-refractivity contribution < 1.29 is 18.7 Å². The van der Waals surface area contributed by atoms with Crippen molar-refractivity contribution in [1.29, 1.82) is 0 Å². The summed E-state index contributed by atoms with van der Waals surface area (Å²) >= 11 is 3.27. The van der Waals surface area contributed by atoms with E-state index in [9.17, 15) is 9.18 Å². The van der Waals surface area contributed by atoms with E-state index in [2.05, 4.69) is 20.9 Å². The Kier molecular flexibility index (Phi) is 4.97. The van der Waals surface area contributed by atoms with Gasteiger partial charge in [-0.2, -0.15) is 0 Å². The average Bonchev–Trinajstić information content (AvgIpc) is 2.50. The van der Waals surface area contributed by atoms with Gasteiger partial charge in [0.2, 0.25) is 0 Å². The van der Waals surface area contributed by atoms with E-state index >= 15 is 0 Å². The number of methoxy groups -OCH3 is 1. The third-order valence-electron chi connectivity index (χ3n) is 3.01. The fraction of sp³-hybridized carbons (Fsp3) is 0.200. The predicted octanol–water partition coefficient (Wildman–Crippen LogP) is 3.49. The molecule has 0 saturated heterocycles. The lowest BCUT2D eigenvalue weighted by atomic mass is 10.0. The maximum absolute atomic E-state index is 13.5. The van der Waals surface area contributed by atoms with E-state index in [1.54, 1.807) is 13.0 Å². The van der Waals surface area contributed by atoms with E-state index in [-0.39, 0.29) is 11.4 Å². The van der Waals surface area contributed by atoms with Crippen molar-refractivity contribution in [2.45, 2.75) is 13.0 Å². The third-order valence-corrected chi connectivity index (χ3v) is 3.44. The molecule has 1 aromatic heterocycles. The fourth-order valence-electron chi connectivity index (χ4n) is 1.95. The number of carbonyl (C=O) groups excluding carboxylic acids is 1. The molecule has 0 fully saturated rings. The Bertz CT molecular complexity index is 709. The zero-order valence-electron chi connectivity index (χ0n) is 12.0. The zero-order valence-corrected chi connectivity index (χ0v) is 13.6. The van der Waals surface area contributed by atoms with Crippen molar-refractivity contribution in [3.05, 3.63) is 51.9 Å². The number of hydrogen-bond acceptors (Lipinski definition) is 5. The Balaban J connectivity index is 2.36. The van der Waals surface area contributed by atoms with Crippen molar-refractivity contribution in [3.63, 3.8) is 0 Å². The maximum Gasteiger partial charge on any atom is 0.338 e. The summed E-state index contributed by atoms with van der Waals surface area (Å²) in [5.41, 5.74) is 6.35. The van der Waals surface area contributed by atoms with Crippen LogP contribution in [0.5, 0.6) is 5.75 Å². The molecule has 1 aromatic carbocycles. The van der Waals surface area contributed by atoms with Crippen LogP contribution >= 0.6 is 15.9 Å². The van der Waals surface area contributed by atoms with Gasteiger partial charge in [0.05, 0.1) is 12.7 Å². The van der Waals surface area contributed by atoms with E-state index in [1.165, 1.54) is 31.5 Å². The molecule has 0 aliphatic rings. The van der Waals surface area contributed by atoms with E-state index in [0.717, 1.165) is 0 Å². The Labute approximate surface area is 135 Å². The molecule has 0 spiro atoms. The van der Waals surface area contributed by atoms with Crippen molar-refractivity contribution in [1.82, 2.24) is 4.98 Å². The second-order valence-electron chi connectivity index (χ2n) is 4.52. The second-order valence-corrected chi connectivity index (χ2v) is 5.44. The van der Waals surface area contributed by atoms with Crippen molar-refractivity contribution >= 4 is 27.7 Å². The van der Waals surface area contributed by atoms with Gasteiger partial charge in [0.1, 0.15) is 11.9 Å². The average molecular weight is 369 g/mol. The van der Waals surface area contributed by atoms with Gasteiger partial charge in [-0.15, -0.1) is 0 Å². The van der Waals surface area contributed by atoms with Crippen LogP contribution in [0.3, 0.4) is 0 Å². The van der Waals surface area contributed by atoms with Crippen LogP contribution in [0, 0.1) is 5.82 Å². The Morgan fingerprint density at radius 3 is 2.82 bits per heavy atom. The lowest BCUT2D eigenvalue weighted by Gasteiger charge is -2.18. The van der Waals surface area contributed by atoms with Crippen LogP contribution < -0.4 is 10.5 Å². The van der Waals surface area contributed by atoms with Gasteiger partial charge in [0, 0.05) is 16.2 Å². The van der Waals surface area contributed by atoms with E-state index in [4.69, 9.17) is 15.2 Å². The Hall–Kier alpha value is -2.15.